The maximum Gasteiger partial charge on any atom is 0.325 e. The summed E-state index contributed by atoms with van der Waals surface area (Å²) >= 11 is 0. The molecule has 0 spiro atoms. The first kappa shape index (κ1) is 15.2. The molecule has 0 bridgehead atoms. The summed E-state index contributed by atoms with van der Waals surface area (Å²) in [7, 11) is 0. The third-order valence-electron chi connectivity index (χ3n) is 3.31. The van der Waals surface area contributed by atoms with Gasteiger partial charge in [-0.05, 0) is 49.7 Å². The summed E-state index contributed by atoms with van der Waals surface area (Å²) in [6, 6.07) is 5.29. The molecule has 0 atom stereocenters. The highest BCUT2D eigenvalue weighted by Gasteiger charge is 2.21. The van der Waals surface area contributed by atoms with Crippen molar-refractivity contribution < 1.29 is 14.0 Å². The van der Waals surface area contributed by atoms with Crippen LogP contribution in [-0.4, -0.2) is 25.0 Å². The molecule has 0 unspecified atom stereocenters. The monoisotopic (exact) mass is 291 g/mol. The van der Waals surface area contributed by atoms with Gasteiger partial charge in [-0.25, -0.2) is 9.18 Å². The van der Waals surface area contributed by atoms with Crippen molar-refractivity contribution in [3.05, 3.63) is 41.8 Å². The van der Waals surface area contributed by atoms with Crippen molar-refractivity contribution in [1.29, 1.82) is 0 Å². The third-order valence-corrected chi connectivity index (χ3v) is 3.31. The van der Waals surface area contributed by atoms with Gasteiger partial charge < -0.3 is 10.6 Å². The molecule has 1 aromatic carbocycles. The molecule has 5 nitrogen and oxygen atoms in total. The van der Waals surface area contributed by atoms with Crippen molar-refractivity contribution in [2.45, 2.75) is 12.8 Å². The zero-order valence-electron chi connectivity index (χ0n) is 11.6. The largest absolute Gasteiger partial charge is 0.325 e. The van der Waals surface area contributed by atoms with Crippen molar-refractivity contribution in [3.63, 3.8) is 0 Å². The van der Waals surface area contributed by atoms with Gasteiger partial charge >= 0.3 is 6.03 Å². The maximum atomic E-state index is 12.7. The highest BCUT2D eigenvalue weighted by Crippen LogP contribution is 2.11. The minimum Gasteiger partial charge on any atom is -0.317 e. The Labute approximate surface area is 122 Å². The van der Waals surface area contributed by atoms with Gasteiger partial charge in [0.1, 0.15) is 5.82 Å². The molecule has 112 valence electrons. The van der Waals surface area contributed by atoms with Crippen LogP contribution in [0.3, 0.4) is 0 Å². The Morgan fingerprint density at radius 3 is 2.52 bits per heavy atom. The molecule has 1 heterocycles. The number of piperidine rings is 1. The second-order valence-corrected chi connectivity index (χ2v) is 4.87. The van der Waals surface area contributed by atoms with Crippen LogP contribution in [-0.2, 0) is 4.79 Å². The highest BCUT2D eigenvalue weighted by molar-refractivity contribution is 5.96. The van der Waals surface area contributed by atoms with E-state index >= 15 is 0 Å². The van der Waals surface area contributed by atoms with Crippen LogP contribution in [0.2, 0.25) is 0 Å². The molecule has 0 aromatic heterocycles. The van der Waals surface area contributed by atoms with Crippen molar-refractivity contribution in [3.8, 4) is 0 Å². The quantitative estimate of drug-likeness (QED) is 0.792. The van der Waals surface area contributed by atoms with E-state index in [1.165, 1.54) is 18.3 Å². The smallest absolute Gasteiger partial charge is 0.317 e. The molecule has 1 aromatic rings. The summed E-state index contributed by atoms with van der Waals surface area (Å²) in [6.07, 6.45) is 4.52. The number of hydrogen-bond acceptors (Lipinski definition) is 3. The fraction of sp³-hybridized carbons (Fsp3) is 0.333. The number of hydrogen-bond donors (Lipinski definition) is 3. The van der Waals surface area contributed by atoms with Crippen LogP contribution in [0.25, 0.3) is 6.08 Å². The first-order chi connectivity index (χ1) is 10.1. The summed E-state index contributed by atoms with van der Waals surface area (Å²) in [5, 5.41) is 7.93. The van der Waals surface area contributed by atoms with Crippen LogP contribution in [0.5, 0.6) is 0 Å². The summed E-state index contributed by atoms with van der Waals surface area (Å²) in [4.78, 5) is 23.4. The second kappa shape index (κ2) is 7.54. The van der Waals surface area contributed by atoms with Gasteiger partial charge in [0.25, 0.3) is 0 Å². The standard InChI is InChI=1S/C15H18FN3O2/c16-13-3-1-11(2-4-13)5-10-18-15(21)19-14(20)12-6-8-17-9-7-12/h1-5,10,12,17H,6-9H2,(H2,18,19,20,21)/b10-5+. The normalized spacial score (nSPS) is 15.9. The lowest BCUT2D eigenvalue weighted by molar-refractivity contribution is -0.124. The molecule has 3 N–H and O–H groups in total. The van der Waals surface area contributed by atoms with Crippen LogP contribution in [0.4, 0.5) is 9.18 Å². The Balaban J connectivity index is 1.76. The number of urea groups is 1. The van der Waals surface area contributed by atoms with Crippen molar-refractivity contribution in [1.82, 2.24) is 16.0 Å². The molecule has 1 aliphatic heterocycles. The van der Waals surface area contributed by atoms with Crippen molar-refractivity contribution in [2.75, 3.05) is 13.1 Å². The van der Waals surface area contributed by atoms with Crippen LogP contribution < -0.4 is 16.0 Å². The van der Waals surface area contributed by atoms with Crippen molar-refractivity contribution in [2.24, 2.45) is 5.92 Å². The Hall–Kier alpha value is -2.21. The number of imide groups is 1. The fourth-order valence-corrected chi connectivity index (χ4v) is 2.12. The minimum atomic E-state index is -0.558. The predicted octanol–water partition coefficient (Wildman–Crippen LogP) is 1.62. The number of amides is 3. The van der Waals surface area contributed by atoms with Crippen LogP contribution >= 0.6 is 0 Å². The molecular formula is C15H18FN3O2. The third kappa shape index (κ3) is 5.00. The maximum absolute atomic E-state index is 12.7. The van der Waals surface area contributed by atoms with E-state index in [1.807, 2.05) is 0 Å². The van der Waals surface area contributed by atoms with Gasteiger partial charge in [-0.2, -0.15) is 0 Å². The van der Waals surface area contributed by atoms with Crippen LogP contribution in [0.15, 0.2) is 30.5 Å². The van der Waals surface area contributed by atoms with Crippen LogP contribution in [0.1, 0.15) is 18.4 Å². The van der Waals surface area contributed by atoms with Gasteiger partial charge in [-0.3, -0.25) is 10.1 Å². The lowest BCUT2D eigenvalue weighted by Crippen LogP contribution is -2.43. The topological polar surface area (TPSA) is 70.2 Å². The first-order valence-electron chi connectivity index (χ1n) is 6.89. The van der Waals surface area contributed by atoms with Gasteiger partial charge in [0.15, 0.2) is 0 Å². The Morgan fingerprint density at radius 2 is 1.86 bits per heavy atom. The van der Waals surface area contributed by atoms with Crippen LogP contribution in [0, 0.1) is 11.7 Å². The van der Waals surface area contributed by atoms with E-state index in [0.29, 0.717) is 0 Å². The molecule has 1 saturated heterocycles. The van der Waals surface area contributed by atoms with Gasteiger partial charge in [-0.15, -0.1) is 0 Å². The number of rotatable bonds is 3. The highest BCUT2D eigenvalue weighted by atomic mass is 19.1. The molecular weight excluding hydrogens is 273 g/mol. The number of benzene rings is 1. The van der Waals surface area contributed by atoms with E-state index < -0.39 is 6.03 Å². The van der Waals surface area contributed by atoms with E-state index in [9.17, 15) is 14.0 Å². The Kier molecular flexibility index (Phi) is 5.45. The molecule has 0 aliphatic carbocycles. The summed E-state index contributed by atoms with van der Waals surface area (Å²) in [5.41, 5.74) is 0.751. The minimum absolute atomic E-state index is 0.113. The fourth-order valence-electron chi connectivity index (χ4n) is 2.12. The predicted molar refractivity (Wildman–Crippen MR) is 77.7 cm³/mol. The Bertz CT molecular complexity index is 522. The average Bonchev–Trinajstić information content (AvgIpc) is 2.50. The van der Waals surface area contributed by atoms with E-state index in [0.717, 1.165) is 31.5 Å². The number of halogens is 1. The lowest BCUT2D eigenvalue weighted by atomic mass is 9.97. The van der Waals surface area contributed by atoms with E-state index in [1.54, 1.807) is 18.2 Å². The summed E-state index contributed by atoms with van der Waals surface area (Å²) in [6.45, 7) is 1.59. The Morgan fingerprint density at radius 1 is 1.19 bits per heavy atom. The van der Waals surface area contributed by atoms with Crippen molar-refractivity contribution >= 4 is 18.0 Å². The molecule has 0 saturated carbocycles. The molecule has 6 heteroatoms. The molecule has 21 heavy (non-hydrogen) atoms. The molecule has 1 aliphatic rings. The number of nitrogens with one attached hydrogen (secondary N) is 3. The number of carbonyl (C=O) groups excluding carboxylic acids is 2. The zero-order valence-corrected chi connectivity index (χ0v) is 11.6. The van der Waals surface area contributed by atoms with E-state index in [4.69, 9.17) is 0 Å². The SMILES string of the molecule is O=C(N/C=C/c1ccc(F)cc1)NC(=O)C1CCNCC1. The summed E-state index contributed by atoms with van der Waals surface area (Å²) in [5.74, 6) is -0.673. The van der Waals surface area contributed by atoms with E-state index in [2.05, 4.69) is 16.0 Å². The average molecular weight is 291 g/mol. The second-order valence-electron chi connectivity index (χ2n) is 4.87. The summed E-state index contributed by atoms with van der Waals surface area (Å²) < 4.78 is 12.7. The molecule has 2 rings (SSSR count). The zero-order chi connectivity index (χ0) is 15.1. The number of carbonyl (C=O) groups is 2. The molecule has 0 radical (unpaired) electrons. The van der Waals surface area contributed by atoms with Gasteiger partial charge in [0.2, 0.25) is 5.91 Å². The first-order valence-corrected chi connectivity index (χ1v) is 6.89. The molecule has 1 fully saturated rings. The lowest BCUT2D eigenvalue weighted by Gasteiger charge is -2.21. The molecule has 3 amide bonds. The van der Waals surface area contributed by atoms with Gasteiger partial charge in [0.05, 0.1) is 0 Å². The van der Waals surface area contributed by atoms with Gasteiger partial charge in [0, 0.05) is 12.1 Å². The van der Waals surface area contributed by atoms with E-state index in [-0.39, 0.29) is 17.6 Å². The van der Waals surface area contributed by atoms with Gasteiger partial charge in [-0.1, -0.05) is 12.1 Å².